The summed E-state index contributed by atoms with van der Waals surface area (Å²) in [5, 5.41) is 8.08. The number of benzene rings is 1. The summed E-state index contributed by atoms with van der Waals surface area (Å²) in [7, 11) is 0. The molecule has 4 aromatic rings. The number of nitrogens with zero attached hydrogens (tertiary/aromatic N) is 5. The Labute approximate surface area is 152 Å². The van der Waals surface area contributed by atoms with Crippen molar-refractivity contribution in [3.05, 3.63) is 77.4 Å². The van der Waals surface area contributed by atoms with Crippen LogP contribution in [0.5, 0.6) is 0 Å². The van der Waals surface area contributed by atoms with E-state index in [0.29, 0.717) is 12.2 Å². The molecule has 0 atom stereocenters. The fourth-order valence-electron chi connectivity index (χ4n) is 3.03. The van der Waals surface area contributed by atoms with Gasteiger partial charge in [0.05, 0.1) is 12.2 Å². The summed E-state index contributed by atoms with van der Waals surface area (Å²) in [5.41, 5.74) is 6.08. The third-order valence-electron chi connectivity index (χ3n) is 4.48. The Morgan fingerprint density at radius 2 is 1.77 bits per heavy atom. The van der Waals surface area contributed by atoms with Gasteiger partial charge in [-0.1, -0.05) is 30.3 Å². The Hall–Kier alpha value is -3.28. The minimum absolute atomic E-state index is 0.644. The van der Waals surface area contributed by atoms with Crippen molar-refractivity contribution in [1.82, 2.24) is 24.7 Å². The highest BCUT2D eigenvalue weighted by molar-refractivity contribution is 5.71. The number of aryl methyl sites for hydroxylation is 1. The molecule has 3 heterocycles. The molecule has 26 heavy (non-hydrogen) atoms. The molecule has 0 aliphatic heterocycles. The van der Waals surface area contributed by atoms with Crippen LogP contribution in [0.25, 0.3) is 11.2 Å². The van der Waals surface area contributed by atoms with Gasteiger partial charge in [-0.05, 0) is 31.5 Å². The van der Waals surface area contributed by atoms with E-state index < -0.39 is 0 Å². The van der Waals surface area contributed by atoms with Gasteiger partial charge in [-0.15, -0.1) is 0 Å². The number of anilines is 1. The SMILES string of the molecule is Cc1nn(Cc2ccccc2)c(C)c1CNc1ccc2nccnc2n1. The van der Waals surface area contributed by atoms with Crippen molar-refractivity contribution in [2.45, 2.75) is 26.9 Å². The molecule has 0 aliphatic carbocycles. The summed E-state index contributed by atoms with van der Waals surface area (Å²) in [4.78, 5) is 13.0. The number of nitrogens with one attached hydrogen (secondary N) is 1. The summed E-state index contributed by atoms with van der Waals surface area (Å²) in [6.45, 7) is 5.60. The largest absolute Gasteiger partial charge is 0.366 e. The first-order valence-corrected chi connectivity index (χ1v) is 8.59. The molecule has 0 radical (unpaired) electrons. The molecule has 1 N–H and O–H groups in total. The maximum Gasteiger partial charge on any atom is 0.180 e. The van der Waals surface area contributed by atoms with Gasteiger partial charge in [0.2, 0.25) is 0 Å². The molecule has 6 nitrogen and oxygen atoms in total. The Morgan fingerprint density at radius 1 is 0.962 bits per heavy atom. The molecule has 0 spiro atoms. The zero-order valence-electron chi connectivity index (χ0n) is 14.8. The van der Waals surface area contributed by atoms with Gasteiger partial charge in [-0.2, -0.15) is 5.10 Å². The van der Waals surface area contributed by atoms with E-state index in [-0.39, 0.29) is 0 Å². The lowest BCUT2D eigenvalue weighted by Gasteiger charge is -2.08. The lowest BCUT2D eigenvalue weighted by Crippen LogP contribution is -2.06. The second-order valence-electron chi connectivity index (χ2n) is 6.24. The predicted octanol–water partition coefficient (Wildman–Crippen LogP) is 3.50. The second-order valence-corrected chi connectivity index (χ2v) is 6.24. The summed E-state index contributed by atoms with van der Waals surface area (Å²) in [5.74, 6) is 0.785. The highest BCUT2D eigenvalue weighted by Crippen LogP contribution is 2.17. The molecule has 0 saturated carbocycles. The van der Waals surface area contributed by atoms with Gasteiger partial charge >= 0.3 is 0 Å². The maximum absolute atomic E-state index is 4.70. The third kappa shape index (κ3) is 3.26. The second kappa shape index (κ2) is 6.92. The van der Waals surface area contributed by atoms with Gasteiger partial charge in [-0.25, -0.2) is 9.97 Å². The normalized spacial score (nSPS) is 11.0. The summed E-state index contributed by atoms with van der Waals surface area (Å²) in [6, 6.07) is 14.2. The average molecular weight is 344 g/mol. The van der Waals surface area contributed by atoms with Gasteiger partial charge < -0.3 is 5.32 Å². The van der Waals surface area contributed by atoms with Crippen LogP contribution in [0.1, 0.15) is 22.5 Å². The third-order valence-corrected chi connectivity index (χ3v) is 4.48. The first kappa shape index (κ1) is 16.2. The fourth-order valence-corrected chi connectivity index (χ4v) is 3.03. The molecule has 0 bridgehead atoms. The standard InChI is InChI=1S/C20H20N6/c1-14-17(15(2)26(25-14)13-16-6-4-3-5-7-16)12-23-19-9-8-18-20(24-19)22-11-10-21-18/h3-11H,12-13H2,1-2H3,(H,22,23,24). The van der Waals surface area contributed by atoms with Crippen LogP contribution in [-0.4, -0.2) is 24.7 Å². The Bertz CT molecular complexity index is 1040. The van der Waals surface area contributed by atoms with Gasteiger partial charge in [0.15, 0.2) is 5.65 Å². The summed E-state index contributed by atoms with van der Waals surface area (Å²) < 4.78 is 2.06. The number of hydrogen-bond acceptors (Lipinski definition) is 5. The van der Waals surface area contributed by atoms with Crippen molar-refractivity contribution in [3.63, 3.8) is 0 Å². The van der Waals surface area contributed by atoms with Crippen molar-refractivity contribution < 1.29 is 0 Å². The lowest BCUT2D eigenvalue weighted by atomic mass is 10.2. The number of aromatic nitrogens is 5. The molecule has 1 aromatic carbocycles. The molecule has 0 unspecified atom stereocenters. The summed E-state index contributed by atoms with van der Waals surface area (Å²) in [6.07, 6.45) is 3.33. The maximum atomic E-state index is 4.70. The first-order chi connectivity index (χ1) is 12.7. The predicted molar refractivity (Wildman–Crippen MR) is 102 cm³/mol. The average Bonchev–Trinajstić information content (AvgIpc) is 2.94. The fraction of sp³-hybridized carbons (Fsp3) is 0.200. The van der Waals surface area contributed by atoms with Crippen molar-refractivity contribution in [2.75, 3.05) is 5.32 Å². The first-order valence-electron chi connectivity index (χ1n) is 8.59. The monoisotopic (exact) mass is 344 g/mol. The highest BCUT2D eigenvalue weighted by atomic mass is 15.3. The van der Waals surface area contributed by atoms with E-state index >= 15 is 0 Å². The molecular formula is C20H20N6. The molecule has 130 valence electrons. The molecule has 0 fully saturated rings. The van der Waals surface area contributed by atoms with E-state index in [1.54, 1.807) is 12.4 Å². The van der Waals surface area contributed by atoms with Gasteiger partial charge in [0, 0.05) is 30.2 Å². The Kier molecular flexibility index (Phi) is 4.31. The molecule has 0 saturated heterocycles. The van der Waals surface area contributed by atoms with Gasteiger partial charge in [-0.3, -0.25) is 9.67 Å². The van der Waals surface area contributed by atoms with Gasteiger partial charge in [0.1, 0.15) is 11.3 Å². The van der Waals surface area contributed by atoms with Crippen LogP contribution in [-0.2, 0) is 13.1 Å². The Balaban J connectivity index is 1.52. The minimum atomic E-state index is 0.644. The zero-order valence-corrected chi connectivity index (χ0v) is 14.8. The molecule has 0 aliphatic rings. The number of rotatable bonds is 5. The summed E-state index contributed by atoms with van der Waals surface area (Å²) >= 11 is 0. The molecule has 3 aromatic heterocycles. The van der Waals surface area contributed by atoms with Crippen molar-refractivity contribution >= 4 is 17.0 Å². The van der Waals surface area contributed by atoms with Crippen LogP contribution in [0.4, 0.5) is 5.82 Å². The van der Waals surface area contributed by atoms with Crippen LogP contribution in [0.15, 0.2) is 54.9 Å². The van der Waals surface area contributed by atoms with Crippen LogP contribution in [0.3, 0.4) is 0 Å². The lowest BCUT2D eigenvalue weighted by molar-refractivity contribution is 0.658. The van der Waals surface area contributed by atoms with Crippen LogP contribution in [0.2, 0.25) is 0 Å². The van der Waals surface area contributed by atoms with E-state index in [1.807, 2.05) is 25.1 Å². The van der Waals surface area contributed by atoms with E-state index in [4.69, 9.17) is 5.10 Å². The minimum Gasteiger partial charge on any atom is -0.366 e. The molecule has 0 amide bonds. The molecular weight excluding hydrogens is 324 g/mol. The van der Waals surface area contributed by atoms with E-state index in [0.717, 1.165) is 23.6 Å². The van der Waals surface area contributed by atoms with E-state index in [1.165, 1.54) is 16.8 Å². The molecule has 4 rings (SSSR count). The molecule has 6 heteroatoms. The smallest absolute Gasteiger partial charge is 0.180 e. The zero-order chi connectivity index (χ0) is 17.9. The van der Waals surface area contributed by atoms with Crippen LogP contribution >= 0.6 is 0 Å². The number of hydrogen-bond donors (Lipinski definition) is 1. The number of pyridine rings is 1. The van der Waals surface area contributed by atoms with Crippen LogP contribution < -0.4 is 5.32 Å². The quantitative estimate of drug-likeness (QED) is 0.600. The van der Waals surface area contributed by atoms with Crippen LogP contribution in [0, 0.1) is 13.8 Å². The van der Waals surface area contributed by atoms with E-state index in [9.17, 15) is 0 Å². The van der Waals surface area contributed by atoms with Gasteiger partial charge in [0.25, 0.3) is 0 Å². The number of fused-ring (bicyclic) bond motifs is 1. The highest BCUT2D eigenvalue weighted by Gasteiger charge is 2.12. The topological polar surface area (TPSA) is 68.5 Å². The Morgan fingerprint density at radius 3 is 2.62 bits per heavy atom. The van der Waals surface area contributed by atoms with Crippen molar-refractivity contribution in [3.8, 4) is 0 Å². The van der Waals surface area contributed by atoms with Crippen molar-refractivity contribution in [1.29, 1.82) is 0 Å². The van der Waals surface area contributed by atoms with E-state index in [2.05, 4.69) is 56.1 Å². The van der Waals surface area contributed by atoms with Crippen molar-refractivity contribution in [2.24, 2.45) is 0 Å².